The van der Waals surface area contributed by atoms with Gasteiger partial charge in [-0.05, 0) is 31.2 Å². The van der Waals surface area contributed by atoms with Crippen LogP contribution in [0.15, 0.2) is 52.8 Å². The van der Waals surface area contributed by atoms with Gasteiger partial charge in [-0.1, -0.05) is 6.07 Å². The van der Waals surface area contributed by atoms with Crippen molar-refractivity contribution >= 4 is 17.2 Å². The first kappa shape index (κ1) is 12.0. The van der Waals surface area contributed by atoms with Gasteiger partial charge in [0.2, 0.25) is 0 Å². The molecule has 5 nitrogen and oxygen atoms in total. The second kappa shape index (κ2) is 5.77. The third kappa shape index (κ3) is 3.04. The summed E-state index contributed by atoms with van der Waals surface area (Å²) in [5.41, 5.74) is 1.27. The highest BCUT2D eigenvalue weighted by molar-refractivity contribution is 5.60. The van der Waals surface area contributed by atoms with Gasteiger partial charge in [-0.25, -0.2) is 4.98 Å². The molecule has 0 aliphatic carbocycles. The summed E-state index contributed by atoms with van der Waals surface area (Å²) in [6, 6.07) is 10.6. The number of aromatic hydroxyl groups is 1. The van der Waals surface area contributed by atoms with Crippen molar-refractivity contribution in [3.63, 3.8) is 0 Å². The number of benzene rings is 1. The number of aromatic nitrogens is 1. The van der Waals surface area contributed by atoms with Gasteiger partial charge in [-0.3, -0.25) is 0 Å². The molecule has 0 saturated carbocycles. The highest BCUT2D eigenvalue weighted by atomic mass is 16.3. The van der Waals surface area contributed by atoms with Crippen LogP contribution in [-0.2, 0) is 0 Å². The Morgan fingerprint density at radius 1 is 1.22 bits per heavy atom. The molecular formula is C13H14N4O. The molecule has 2 aromatic rings. The molecule has 0 unspecified atom stereocenters. The summed E-state index contributed by atoms with van der Waals surface area (Å²) in [4.78, 5) is 4.02. The van der Waals surface area contributed by atoms with E-state index < -0.39 is 0 Å². The van der Waals surface area contributed by atoms with Crippen molar-refractivity contribution in [2.24, 2.45) is 10.2 Å². The van der Waals surface area contributed by atoms with Crippen molar-refractivity contribution in [3.8, 4) is 5.75 Å². The monoisotopic (exact) mass is 242 g/mol. The van der Waals surface area contributed by atoms with Crippen molar-refractivity contribution in [2.45, 2.75) is 6.92 Å². The van der Waals surface area contributed by atoms with E-state index in [0.29, 0.717) is 11.5 Å². The molecule has 1 aromatic carbocycles. The van der Waals surface area contributed by atoms with Crippen LogP contribution in [0.25, 0.3) is 0 Å². The summed E-state index contributed by atoms with van der Waals surface area (Å²) in [5.74, 6) is 0.598. The molecular weight excluding hydrogens is 228 g/mol. The maximum atomic E-state index is 9.78. The molecule has 0 fully saturated rings. The van der Waals surface area contributed by atoms with Gasteiger partial charge >= 0.3 is 0 Å². The second-order valence-corrected chi connectivity index (χ2v) is 3.62. The fraction of sp³-hybridized carbons (Fsp3) is 0.154. The van der Waals surface area contributed by atoms with Crippen LogP contribution in [0, 0.1) is 0 Å². The normalized spacial score (nSPS) is 10.7. The van der Waals surface area contributed by atoms with E-state index in [2.05, 4.69) is 20.5 Å². The maximum absolute atomic E-state index is 9.78. The van der Waals surface area contributed by atoms with Crippen molar-refractivity contribution < 1.29 is 5.11 Å². The number of phenolic OH excluding ortho intramolecular Hbond substituents is 1. The number of hydrogen-bond acceptors (Lipinski definition) is 5. The Balaban J connectivity index is 2.17. The van der Waals surface area contributed by atoms with Crippen molar-refractivity contribution in [1.29, 1.82) is 0 Å². The van der Waals surface area contributed by atoms with E-state index in [1.807, 2.05) is 25.1 Å². The van der Waals surface area contributed by atoms with E-state index in [4.69, 9.17) is 0 Å². The number of hydrogen-bond donors (Lipinski definition) is 2. The Morgan fingerprint density at radius 2 is 2.11 bits per heavy atom. The lowest BCUT2D eigenvalue weighted by molar-refractivity contribution is 0.476. The van der Waals surface area contributed by atoms with Gasteiger partial charge in [0.25, 0.3) is 0 Å². The van der Waals surface area contributed by atoms with Gasteiger partial charge in [0.1, 0.15) is 11.4 Å². The molecule has 1 heterocycles. The number of nitrogens with zero attached hydrogens (tertiary/aromatic N) is 3. The quantitative estimate of drug-likeness (QED) is 0.804. The van der Waals surface area contributed by atoms with E-state index >= 15 is 0 Å². The molecule has 0 aliphatic heterocycles. The van der Waals surface area contributed by atoms with Crippen LogP contribution in [-0.4, -0.2) is 16.6 Å². The molecule has 2 rings (SSSR count). The third-order valence-corrected chi connectivity index (χ3v) is 2.27. The fourth-order valence-corrected chi connectivity index (χ4v) is 1.44. The Morgan fingerprint density at radius 3 is 2.78 bits per heavy atom. The predicted octanol–water partition coefficient (Wildman–Crippen LogP) is 3.63. The molecule has 5 heteroatoms. The van der Waals surface area contributed by atoms with E-state index in [1.165, 1.54) is 0 Å². The van der Waals surface area contributed by atoms with Crippen molar-refractivity contribution in [2.75, 3.05) is 11.9 Å². The summed E-state index contributed by atoms with van der Waals surface area (Å²) >= 11 is 0. The van der Waals surface area contributed by atoms with Crippen LogP contribution in [0.1, 0.15) is 6.92 Å². The van der Waals surface area contributed by atoms with Crippen LogP contribution in [0.3, 0.4) is 0 Å². The first-order valence-corrected chi connectivity index (χ1v) is 5.69. The van der Waals surface area contributed by atoms with E-state index in [-0.39, 0.29) is 5.75 Å². The SMILES string of the molecule is CCNc1ccc(N=Nc2ccccn2)c(O)c1. The largest absolute Gasteiger partial charge is 0.506 e. The maximum Gasteiger partial charge on any atom is 0.174 e. The second-order valence-electron chi connectivity index (χ2n) is 3.62. The minimum Gasteiger partial charge on any atom is -0.506 e. The molecule has 1 aromatic heterocycles. The number of anilines is 1. The lowest BCUT2D eigenvalue weighted by atomic mass is 10.2. The summed E-state index contributed by atoms with van der Waals surface area (Å²) in [7, 11) is 0. The lowest BCUT2D eigenvalue weighted by Crippen LogP contribution is -1.95. The van der Waals surface area contributed by atoms with E-state index in [0.717, 1.165) is 12.2 Å². The summed E-state index contributed by atoms with van der Waals surface area (Å²) in [6.45, 7) is 2.79. The Kier molecular flexibility index (Phi) is 3.86. The molecule has 0 amide bonds. The number of phenols is 1. The Bertz CT molecular complexity index is 540. The number of pyridine rings is 1. The third-order valence-electron chi connectivity index (χ3n) is 2.27. The molecule has 0 spiro atoms. The molecule has 0 atom stereocenters. The van der Waals surface area contributed by atoms with Gasteiger partial charge in [0, 0.05) is 24.5 Å². The van der Waals surface area contributed by atoms with Crippen molar-refractivity contribution in [3.05, 3.63) is 42.6 Å². The molecule has 0 aliphatic rings. The Labute approximate surface area is 105 Å². The van der Waals surface area contributed by atoms with Crippen molar-refractivity contribution in [1.82, 2.24) is 4.98 Å². The summed E-state index contributed by atoms with van der Waals surface area (Å²) in [6.07, 6.45) is 1.64. The minimum absolute atomic E-state index is 0.0909. The molecule has 0 bridgehead atoms. The van der Waals surface area contributed by atoms with E-state index in [1.54, 1.807) is 24.4 Å². The molecule has 92 valence electrons. The molecule has 2 N–H and O–H groups in total. The lowest BCUT2D eigenvalue weighted by Gasteiger charge is -2.04. The summed E-state index contributed by atoms with van der Waals surface area (Å²) < 4.78 is 0. The van der Waals surface area contributed by atoms with Crippen LogP contribution in [0.5, 0.6) is 5.75 Å². The van der Waals surface area contributed by atoms with E-state index in [9.17, 15) is 5.11 Å². The van der Waals surface area contributed by atoms with Gasteiger partial charge in [-0.2, -0.15) is 0 Å². The highest BCUT2D eigenvalue weighted by Crippen LogP contribution is 2.30. The van der Waals surface area contributed by atoms with Gasteiger partial charge < -0.3 is 10.4 Å². The average Bonchev–Trinajstić information content (AvgIpc) is 2.39. The number of azo groups is 1. The predicted molar refractivity (Wildman–Crippen MR) is 70.7 cm³/mol. The molecule has 18 heavy (non-hydrogen) atoms. The Hall–Kier alpha value is -2.43. The molecule has 0 radical (unpaired) electrons. The van der Waals surface area contributed by atoms with Crippen LogP contribution in [0.4, 0.5) is 17.2 Å². The smallest absolute Gasteiger partial charge is 0.174 e. The van der Waals surface area contributed by atoms with Crippen LogP contribution < -0.4 is 5.32 Å². The number of rotatable bonds is 4. The zero-order valence-corrected chi connectivity index (χ0v) is 10.0. The standard InChI is InChI=1S/C13H14N4O/c1-2-14-10-6-7-11(12(18)9-10)16-17-13-5-3-4-8-15-13/h3-9,14,18H,2H2,1H3. The highest BCUT2D eigenvalue weighted by Gasteiger charge is 2.01. The topological polar surface area (TPSA) is 69.9 Å². The van der Waals surface area contributed by atoms with Gasteiger partial charge in [0.15, 0.2) is 5.82 Å². The van der Waals surface area contributed by atoms with Crippen LogP contribution in [0.2, 0.25) is 0 Å². The molecule has 0 saturated heterocycles. The first-order valence-electron chi connectivity index (χ1n) is 5.69. The number of nitrogens with one attached hydrogen (secondary N) is 1. The minimum atomic E-state index is 0.0909. The first-order chi connectivity index (χ1) is 8.79. The summed E-state index contributed by atoms with van der Waals surface area (Å²) in [5, 5.41) is 20.8. The zero-order chi connectivity index (χ0) is 12.8. The fourth-order valence-electron chi connectivity index (χ4n) is 1.44. The average molecular weight is 242 g/mol. The van der Waals surface area contributed by atoms with Gasteiger partial charge in [-0.15, -0.1) is 10.2 Å². The van der Waals surface area contributed by atoms with Gasteiger partial charge in [0.05, 0.1) is 0 Å². The van der Waals surface area contributed by atoms with Crippen LogP contribution >= 0.6 is 0 Å². The zero-order valence-electron chi connectivity index (χ0n) is 10.0.